The third kappa shape index (κ3) is 7.93. The first-order valence-electron chi connectivity index (χ1n) is 15.4. The summed E-state index contributed by atoms with van der Waals surface area (Å²) in [5.41, 5.74) is 6.92. The maximum absolute atomic E-state index is 12.2. The molecule has 0 radical (unpaired) electrons. The summed E-state index contributed by atoms with van der Waals surface area (Å²) < 4.78 is 39.1. The zero-order valence-corrected chi connectivity index (χ0v) is 28.5. The van der Waals surface area contributed by atoms with Crippen molar-refractivity contribution in [3.05, 3.63) is 163 Å². The van der Waals surface area contributed by atoms with Gasteiger partial charge in [0.25, 0.3) is 0 Å². The van der Waals surface area contributed by atoms with E-state index < -0.39 is 21.1 Å². The van der Waals surface area contributed by atoms with E-state index in [1.807, 2.05) is 84.9 Å². The van der Waals surface area contributed by atoms with Crippen molar-refractivity contribution in [2.75, 3.05) is 0 Å². The first kappa shape index (κ1) is 34.1. The molecule has 49 heavy (non-hydrogen) atoms. The van der Waals surface area contributed by atoms with Crippen molar-refractivity contribution in [2.45, 2.75) is 19.3 Å². The van der Waals surface area contributed by atoms with Crippen LogP contribution in [0.5, 0.6) is 17.2 Å². The zero-order valence-electron chi connectivity index (χ0n) is 26.7. The van der Waals surface area contributed by atoms with Crippen molar-refractivity contribution in [3.63, 3.8) is 0 Å². The molecular formula is C39H34O8P2. The number of benzene rings is 6. The molecule has 0 bridgehead atoms. The highest BCUT2D eigenvalue weighted by molar-refractivity contribution is 7.60. The van der Waals surface area contributed by atoms with Gasteiger partial charge in [0.15, 0.2) is 0 Å². The number of phosphoric acid groups is 2. The van der Waals surface area contributed by atoms with E-state index in [2.05, 4.69) is 60.6 Å². The average Bonchev–Trinajstić information content (AvgIpc) is 3.08. The number of phosphoric ester groups is 1. The van der Waals surface area contributed by atoms with Crippen molar-refractivity contribution in [1.29, 1.82) is 0 Å². The lowest BCUT2D eigenvalue weighted by Crippen LogP contribution is -2.22. The minimum atomic E-state index is -5.28. The van der Waals surface area contributed by atoms with Crippen LogP contribution >= 0.6 is 15.6 Å². The van der Waals surface area contributed by atoms with Gasteiger partial charge < -0.3 is 19.0 Å². The minimum absolute atomic E-state index is 0.0954. The average molecular weight is 693 g/mol. The second kappa shape index (κ2) is 14.0. The molecule has 0 aromatic heterocycles. The lowest BCUT2D eigenvalue weighted by Gasteiger charge is -2.34. The van der Waals surface area contributed by atoms with Gasteiger partial charge in [-0.05, 0) is 69.3 Å². The molecule has 6 aromatic rings. The lowest BCUT2D eigenvalue weighted by molar-refractivity contribution is 0.229. The van der Waals surface area contributed by atoms with Crippen LogP contribution in [0.1, 0.15) is 25.0 Å². The van der Waals surface area contributed by atoms with Crippen molar-refractivity contribution in [3.8, 4) is 50.6 Å². The quantitative estimate of drug-likeness (QED) is 0.115. The third-order valence-corrected chi connectivity index (χ3v) is 10.2. The number of ether oxygens (including phenoxy) is 1. The first-order chi connectivity index (χ1) is 23.4. The molecule has 1 unspecified atom stereocenters. The molecule has 3 N–H and O–H groups in total. The van der Waals surface area contributed by atoms with Crippen LogP contribution in [-0.4, -0.2) is 14.7 Å². The number of hydrogen-bond acceptors (Lipinski definition) is 5. The highest BCUT2D eigenvalue weighted by atomic mass is 31.3. The van der Waals surface area contributed by atoms with Gasteiger partial charge in [0, 0.05) is 11.0 Å². The van der Waals surface area contributed by atoms with Crippen LogP contribution in [0.4, 0.5) is 0 Å². The van der Waals surface area contributed by atoms with Crippen molar-refractivity contribution in [1.82, 2.24) is 0 Å². The summed E-state index contributed by atoms with van der Waals surface area (Å²) in [6.45, 7) is 4.22. The van der Waals surface area contributed by atoms with E-state index in [9.17, 15) is 14.0 Å². The molecule has 10 heteroatoms. The molecule has 0 spiro atoms. The molecule has 6 aromatic carbocycles. The molecule has 0 fully saturated rings. The minimum Gasteiger partial charge on any atom is -0.457 e. The summed E-state index contributed by atoms with van der Waals surface area (Å²) in [4.78, 5) is 28.0. The van der Waals surface area contributed by atoms with E-state index in [0.717, 1.165) is 44.5 Å². The fourth-order valence-corrected chi connectivity index (χ4v) is 7.59. The lowest BCUT2D eigenvalue weighted by atomic mass is 9.70. The van der Waals surface area contributed by atoms with Gasteiger partial charge in [0.2, 0.25) is 0 Å². The molecule has 0 aliphatic rings. The maximum Gasteiger partial charge on any atom is 0.536 e. The third-order valence-electron chi connectivity index (χ3n) is 8.10. The summed E-state index contributed by atoms with van der Waals surface area (Å²) in [5.74, 6) is 1.29. The van der Waals surface area contributed by atoms with Crippen LogP contribution in [0, 0.1) is 0 Å². The predicted molar refractivity (Wildman–Crippen MR) is 191 cm³/mol. The Kier molecular flexibility index (Phi) is 9.73. The second-order valence-electron chi connectivity index (χ2n) is 11.8. The molecule has 6 rings (SSSR count). The molecule has 0 saturated carbocycles. The van der Waals surface area contributed by atoms with Crippen LogP contribution in [0.15, 0.2) is 152 Å². The van der Waals surface area contributed by atoms with E-state index >= 15 is 0 Å². The summed E-state index contributed by atoms with van der Waals surface area (Å²) in [5, 5.41) is 0. The first-order valence-corrected chi connectivity index (χ1v) is 18.4. The van der Waals surface area contributed by atoms with Crippen LogP contribution in [0.2, 0.25) is 0 Å². The van der Waals surface area contributed by atoms with Gasteiger partial charge in [-0.3, -0.25) is 4.89 Å². The Morgan fingerprint density at radius 3 is 1.53 bits per heavy atom. The smallest absolute Gasteiger partial charge is 0.457 e. The number of rotatable bonds is 11. The Labute approximate surface area is 285 Å². The highest BCUT2D eigenvalue weighted by Crippen LogP contribution is 2.57. The Bertz CT molecular complexity index is 2130. The summed E-state index contributed by atoms with van der Waals surface area (Å²) in [7, 11) is -10.4. The summed E-state index contributed by atoms with van der Waals surface area (Å²) >= 11 is 0. The molecule has 248 valence electrons. The van der Waals surface area contributed by atoms with Gasteiger partial charge >= 0.3 is 15.6 Å². The monoisotopic (exact) mass is 692 g/mol. The van der Waals surface area contributed by atoms with E-state index in [0.29, 0.717) is 11.5 Å². The Balaban J connectivity index is 1.62. The molecule has 0 heterocycles. The predicted octanol–water partition coefficient (Wildman–Crippen LogP) is 10.4. The standard InChI is InChI=1S/C39H34O8P2/c1-39(2,31-23-25-33(26-24-31)46-49(43,44)47-48(40,41)42)38-34(28-15-7-3-8-16-28)27-35(45-32-21-13-6-14-22-32)36(29-17-9-4-10-18-29)37(38)30-19-11-5-12-20-30/h3-27H,1-2H3,(H,43,44)(H2,40,41,42). The number of hydrogen-bond donors (Lipinski definition) is 3. The van der Waals surface area contributed by atoms with Gasteiger partial charge in [-0.25, -0.2) is 9.13 Å². The van der Waals surface area contributed by atoms with Crippen LogP contribution < -0.4 is 9.26 Å². The molecular weight excluding hydrogens is 658 g/mol. The van der Waals surface area contributed by atoms with E-state index in [4.69, 9.17) is 19.0 Å². The second-order valence-corrected chi connectivity index (χ2v) is 14.6. The van der Waals surface area contributed by atoms with Gasteiger partial charge in [-0.2, -0.15) is 4.31 Å². The van der Waals surface area contributed by atoms with E-state index in [1.165, 1.54) is 12.1 Å². The molecule has 8 nitrogen and oxygen atoms in total. The SMILES string of the molecule is CC(C)(c1ccc(OP(=O)(O)OP(=O)(O)O)cc1)c1c(-c2ccccc2)cc(Oc2ccccc2)c(-c2ccccc2)c1-c1ccccc1. The van der Waals surface area contributed by atoms with Gasteiger partial charge in [-0.15, -0.1) is 0 Å². The fourth-order valence-electron chi connectivity index (χ4n) is 5.99. The Hall–Kier alpha value is -4.78. The molecule has 0 aliphatic heterocycles. The van der Waals surface area contributed by atoms with Crippen molar-refractivity contribution >= 4 is 15.6 Å². The van der Waals surface area contributed by atoms with Crippen LogP contribution in [0.25, 0.3) is 33.4 Å². The zero-order chi connectivity index (χ0) is 34.6. The highest BCUT2D eigenvalue weighted by Gasteiger charge is 2.36. The van der Waals surface area contributed by atoms with Gasteiger partial charge in [-0.1, -0.05) is 135 Å². The van der Waals surface area contributed by atoms with Crippen LogP contribution in [-0.2, 0) is 18.9 Å². The molecule has 0 aliphatic carbocycles. The summed E-state index contributed by atoms with van der Waals surface area (Å²) in [6.07, 6.45) is 0. The largest absolute Gasteiger partial charge is 0.536 e. The van der Waals surface area contributed by atoms with Gasteiger partial charge in [0.1, 0.15) is 17.2 Å². The van der Waals surface area contributed by atoms with Crippen molar-refractivity contribution in [2.24, 2.45) is 0 Å². The maximum atomic E-state index is 12.2. The van der Waals surface area contributed by atoms with Gasteiger partial charge in [0.05, 0.1) is 0 Å². The topological polar surface area (TPSA) is 123 Å². The molecule has 0 amide bonds. The summed E-state index contributed by atoms with van der Waals surface area (Å²) in [6, 6.07) is 48.6. The molecule has 1 atom stereocenters. The number of para-hydroxylation sites is 1. The van der Waals surface area contributed by atoms with E-state index in [-0.39, 0.29) is 5.75 Å². The Morgan fingerprint density at radius 1 is 0.551 bits per heavy atom. The fraction of sp³-hybridized carbons (Fsp3) is 0.0769. The van der Waals surface area contributed by atoms with Crippen LogP contribution in [0.3, 0.4) is 0 Å². The van der Waals surface area contributed by atoms with Crippen molar-refractivity contribution < 1.29 is 37.4 Å². The van der Waals surface area contributed by atoms with E-state index in [1.54, 1.807) is 12.1 Å². The Morgan fingerprint density at radius 2 is 1.02 bits per heavy atom. The molecule has 0 saturated heterocycles. The normalized spacial score (nSPS) is 13.0.